The molecule has 2 aromatic rings. The van der Waals surface area contributed by atoms with Crippen LogP contribution in [0, 0.1) is 5.92 Å². The van der Waals surface area contributed by atoms with E-state index in [0.29, 0.717) is 12.0 Å². The molecule has 1 atom stereocenters. The molecule has 1 amide bonds. The highest BCUT2D eigenvalue weighted by atomic mass is 16.3. The van der Waals surface area contributed by atoms with Crippen molar-refractivity contribution in [2.24, 2.45) is 5.92 Å². The van der Waals surface area contributed by atoms with Gasteiger partial charge in [-0.15, -0.1) is 0 Å². The molecule has 0 saturated carbocycles. The lowest BCUT2D eigenvalue weighted by molar-refractivity contribution is -0.133. The Labute approximate surface area is 136 Å². The molecule has 0 aliphatic heterocycles. The summed E-state index contributed by atoms with van der Waals surface area (Å²) in [6, 6.07) is 18.3. The number of carbonyl (C=O) groups is 2. The molecule has 120 valence electrons. The lowest BCUT2D eigenvalue weighted by Crippen LogP contribution is -2.39. The molecule has 0 bridgehead atoms. The fourth-order valence-corrected chi connectivity index (χ4v) is 2.47. The van der Waals surface area contributed by atoms with Crippen molar-refractivity contribution in [3.63, 3.8) is 0 Å². The molecule has 23 heavy (non-hydrogen) atoms. The summed E-state index contributed by atoms with van der Waals surface area (Å²) >= 11 is 0. The predicted molar refractivity (Wildman–Crippen MR) is 89.1 cm³/mol. The molecule has 4 nitrogen and oxygen atoms in total. The predicted octanol–water partition coefficient (Wildman–Crippen LogP) is 2.18. The van der Waals surface area contributed by atoms with Gasteiger partial charge in [-0.05, 0) is 12.0 Å². The molecular weight excluding hydrogens is 290 g/mol. The maximum absolute atomic E-state index is 12.8. The number of benzene rings is 2. The van der Waals surface area contributed by atoms with Crippen LogP contribution >= 0.6 is 0 Å². The first-order chi connectivity index (χ1) is 11.1. The Morgan fingerprint density at radius 2 is 1.57 bits per heavy atom. The van der Waals surface area contributed by atoms with E-state index in [2.05, 4.69) is 0 Å². The molecule has 0 aliphatic rings. The highest BCUT2D eigenvalue weighted by molar-refractivity contribution is 6.10. The van der Waals surface area contributed by atoms with Gasteiger partial charge in [0.2, 0.25) is 5.91 Å². The van der Waals surface area contributed by atoms with Crippen LogP contribution in [0.25, 0.3) is 0 Å². The normalized spacial score (nSPS) is 11.7. The van der Waals surface area contributed by atoms with Crippen molar-refractivity contribution in [1.29, 1.82) is 0 Å². The van der Waals surface area contributed by atoms with Gasteiger partial charge in [-0.3, -0.25) is 9.59 Å². The Balaban J connectivity index is 2.27. The summed E-state index contributed by atoms with van der Waals surface area (Å²) in [4.78, 5) is 26.8. The third kappa shape index (κ3) is 4.50. The first-order valence-corrected chi connectivity index (χ1v) is 7.62. The van der Waals surface area contributed by atoms with Crippen LogP contribution in [0.5, 0.6) is 0 Å². The average molecular weight is 311 g/mol. The highest BCUT2D eigenvalue weighted by Gasteiger charge is 2.30. The average Bonchev–Trinajstić information content (AvgIpc) is 2.60. The van der Waals surface area contributed by atoms with E-state index in [1.165, 1.54) is 4.90 Å². The zero-order valence-electron chi connectivity index (χ0n) is 13.2. The first kappa shape index (κ1) is 16.9. The molecule has 2 aromatic carbocycles. The molecular formula is C19H21NO3. The van der Waals surface area contributed by atoms with Crippen LogP contribution in [0.4, 0.5) is 0 Å². The number of nitrogens with zero attached hydrogens (tertiary/aromatic N) is 1. The molecule has 0 aliphatic carbocycles. The third-order valence-electron chi connectivity index (χ3n) is 3.77. The second kappa shape index (κ2) is 8.25. The van der Waals surface area contributed by atoms with Crippen molar-refractivity contribution in [2.75, 3.05) is 20.2 Å². The summed E-state index contributed by atoms with van der Waals surface area (Å²) < 4.78 is 0. The molecule has 0 spiro atoms. The number of aliphatic hydroxyl groups excluding tert-OH is 1. The number of hydrogen-bond donors (Lipinski definition) is 1. The molecule has 0 saturated heterocycles. The number of aliphatic hydroxyl groups is 1. The number of ketones is 1. The second-order valence-corrected chi connectivity index (χ2v) is 5.46. The summed E-state index contributed by atoms with van der Waals surface area (Å²) in [6.45, 7) is 0.0893. The van der Waals surface area contributed by atoms with Gasteiger partial charge in [0.05, 0.1) is 6.61 Å². The topological polar surface area (TPSA) is 57.6 Å². The first-order valence-electron chi connectivity index (χ1n) is 7.62. The van der Waals surface area contributed by atoms with Crippen molar-refractivity contribution < 1.29 is 14.7 Å². The van der Waals surface area contributed by atoms with Gasteiger partial charge in [-0.25, -0.2) is 0 Å². The fraction of sp³-hybridized carbons (Fsp3) is 0.263. The number of likely N-dealkylation sites (N-methyl/N-ethyl adjacent to an activating group) is 1. The van der Waals surface area contributed by atoms with Gasteiger partial charge in [0.15, 0.2) is 5.78 Å². The Kier molecular flexibility index (Phi) is 6.06. The molecule has 0 radical (unpaired) electrons. The summed E-state index contributed by atoms with van der Waals surface area (Å²) in [5.41, 5.74) is 1.46. The van der Waals surface area contributed by atoms with Crippen LogP contribution in [0.1, 0.15) is 15.9 Å². The molecule has 0 fully saturated rings. The quantitative estimate of drug-likeness (QED) is 0.630. The van der Waals surface area contributed by atoms with Gasteiger partial charge in [0.1, 0.15) is 5.92 Å². The van der Waals surface area contributed by atoms with E-state index in [-0.39, 0.29) is 24.8 Å². The monoisotopic (exact) mass is 311 g/mol. The highest BCUT2D eigenvalue weighted by Crippen LogP contribution is 2.17. The van der Waals surface area contributed by atoms with Gasteiger partial charge in [0, 0.05) is 19.2 Å². The minimum atomic E-state index is -0.781. The lowest BCUT2D eigenvalue weighted by atomic mass is 9.90. The van der Waals surface area contributed by atoms with Crippen LogP contribution in [-0.2, 0) is 11.2 Å². The van der Waals surface area contributed by atoms with E-state index in [1.54, 1.807) is 31.3 Å². The Morgan fingerprint density at radius 1 is 1.00 bits per heavy atom. The number of Topliss-reactive ketones (excluding diaryl/α,β-unsaturated/α-hetero) is 1. The maximum atomic E-state index is 12.8. The molecule has 1 unspecified atom stereocenters. The van der Waals surface area contributed by atoms with Gasteiger partial charge in [-0.1, -0.05) is 60.7 Å². The fourth-order valence-electron chi connectivity index (χ4n) is 2.47. The van der Waals surface area contributed by atoms with E-state index in [4.69, 9.17) is 5.11 Å². The van der Waals surface area contributed by atoms with Gasteiger partial charge in [-0.2, -0.15) is 0 Å². The van der Waals surface area contributed by atoms with Crippen LogP contribution in [0.2, 0.25) is 0 Å². The minimum Gasteiger partial charge on any atom is -0.395 e. The molecule has 1 N–H and O–H groups in total. The standard InChI is InChI=1S/C19H21NO3/c1-20(12-13-21)19(23)17(14-15-8-4-2-5-9-15)18(22)16-10-6-3-7-11-16/h2-11,17,21H,12-14H2,1H3. The van der Waals surface area contributed by atoms with Crippen molar-refractivity contribution >= 4 is 11.7 Å². The Hall–Kier alpha value is -2.46. The van der Waals surface area contributed by atoms with Crippen LogP contribution < -0.4 is 0 Å². The van der Waals surface area contributed by atoms with Gasteiger partial charge in [0.25, 0.3) is 0 Å². The molecule has 0 heterocycles. The van der Waals surface area contributed by atoms with Gasteiger partial charge < -0.3 is 10.0 Å². The van der Waals surface area contributed by atoms with Gasteiger partial charge >= 0.3 is 0 Å². The lowest BCUT2D eigenvalue weighted by Gasteiger charge is -2.22. The summed E-state index contributed by atoms with van der Waals surface area (Å²) in [5.74, 6) is -1.24. The molecule has 2 rings (SSSR count). The van der Waals surface area contributed by atoms with Crippen LogP contribution in [-0.4, -0.2) is 41.9 Å². The largest absolute Gasteiger partial charge is 0.395 e. The van der Waals surface area contributed by atoms with Crippen LogP contribution in [0.15, 0.2) is 60.7 Å². The number of rotatable bonds is 7. The van der Waals surface area contributed by atoms with Crippen molar-refractivity contribution in [2.45, 2.75) is 6.42 Å². The Bertz CT molecular complexity index is 640. The van der Waals surface area contributed by atoms with E-state index in [1.807, 2.05) is 36.4 Å². The van der Waals surface area contributed by atoms with Crippen molar-refractivity contribution in [1.82, 2.24) is 4.90 Å². The minimum absolute atomic E-state index is 0.125. The number of amides is 1. The number of hydrogen-bond acceptors (Lipinski definition) is 3. The zero-order valence-corrected chi connectivity index (χ0v) is 13.2. The van der Waals surface area contributed by atoms with E-state index < -0.39 is 5.92 Å². The van der Waals surface area contributed by atoms with Crippen molar-refractivity contribution in [3.8, 4) is 0 Å². The molecule has 4 heteroatoms. The third-order valence-corrected chi connectivity index (χ3v) is 3.77. The molecule has 0 aromatic heterocycles. The smallest absolute Gasteiger partial charge is 0.233 e. The summed E-state index contributed by atoms with van der Waals surface area (Å²) in [6.07, 6.45) is 0.350. The summed E-state index contributed by atoms with van der Waals surface area (Å²) in [7, 11) is 1.61. The summed E-state index contributed by atoms with van der Waals surface area (Å²) in [5, 5.41) is 9.03. The maximum Gasteiger partial charge on any atom is 0.233 e. The van der Waals surface area contributed by atoms with E-state index in [9.17, 15) is 9.59 Å². The number of carbonyl (C=O) groups excluding carboxylic acids is 2. The van der Waals surface area contributed by atoms with E-state index >= 15 is 0 Å². The zero-order chi connectivity index (χ0) is 16.7. The SMILES string of the molecule is CN(CCO)C(=O)C(Cc1ccccc1)C(=O)c1ccccc1. The van der Waals surface area contributed by atoms with Crippen LogP contribution in [0.3, 0.4) is 0 Å². The second-order valence-electron chi connectivity index (χ2n) is 5.46. The van der Waals surface area contributed by atoms with Crippen molar-refractivity contribution in [3.05, 3.63) is 71.8 Å². The van der Waals surface area contributed by atoms with E-state index in [0.717, 1.165) is 5.56 Å². The Morgan fingerprint density at radius 3 is 2.13 bits per heavy atom.